The molecular weight excluding hydrogens is 1670 g/mol. The number of benzene rings is 1. The van der Waals surface area contributed by atoms with E-state index in [2.05, 4.69) is 60.8 Å². The van der Waals surface area contributed by atoms with E-state index in [1.54, 1.807) is 145 Å². The Hall–Kier alpha value is -11.6. The summed E-state index contributed by atoms with van der Waals surface area (Å²) >= 11 is 6.04. The number of fused-ring (bicyclic) bond motifs is 16. The molecule has 8 aromatic rings. The first-order valence-corrected chi connectivity index (χ1v) is 40.8. The fraction of sp³-hybridized carbons (Fsp3) is 0.477. The fourth-order valence-electron chi connectivity index (χ4n) is 17.8. The van der Waals surface area contributed by atoms with Crippen molar-refractivity contribution in [3.63, 3.8) is 0 Å². The van der Waals surface area contributed by atoms with Crippen molar-refractivity contribution >= 4 is 122 Å². The minimum atomic E-state index is -4.25. The van der Waals surface area contributed by atoms with Gasteiger partial charge in [-0.2, -0.15) is 52.7 Å². The molecule has 26 nitrogen and oxygen atoms in total. The minimum absolute atomic E-state index is 0. The SMILES string of the molecule is C.C.C.C.O=C(Nc1ccccc1CCC(F)(F)F)N1c2nc(Cl)ccc2N2CC[C@H]1C2.O=C(Nc1ccccn1)N1c2nc(N3CCC(C(F)(F)F)CC3)ccc2N2CC[C@H]1C2.O=C(Nc1ccccn1)N1c2nc(N3CCC[C@@H](C(F)(F)F)C3)ccc2N2CC[C@H]1C2.O=C(Nc1ccccn1)N1c2nc(N3CCC[C@H](C(F)(F)F)C3)ccc2N2CC[C@H]1C2. The van der Waals surface area contributed by atoms with Crippen LogP contribution < -0.4 is 75.2 Å². The van der Waals surface area contributed by atoms with Gasteiger partial charge in [0.1, 0.15) is 40.1 Å². The van der Waals surface area contributed by atoms with E-state index in [-0.39, 0.29) is 122 Å². The van der Waals surface area contributed by atoms with Gasteiger partial charge >= 0.3 is 48.8 Å². The number of hydrogen-bond acceptors (Lipinski definition) is 18. The molecule has 0 spiro atoms. The predicted octanol–water partition coefficient (Wildman–Crippen LogP) is 19.1. The zero-order valence-corrected chi connectivity index (χ0v) is 66.1. The van der Waals surface area contributed by atoms with Crippen LogP contribution in [0.4, 0.5) is 158 Å². The normalized spacial score (nSPS) is 20.8. The molecule has 8 bridgehead atoms. The van der Waals surface area contributed by atoms with Crippen molar-refractivity contribution in [2.45, 2.75) is 156 Å². The lowest BCUT2D eigenvalue weighted by Gasteiger charge is -2.38. The number of piperidine rings is 3. The molecule has 0 aliphatic carbocycles. The van der Waals surface area contributed by atoms with Gasteiger partial charge in [0.05, 0.1) is 64.7 Å². The summed E-state index contributed by atoms with van der Waals surface area (Å²) in [5.41, 5.74) is 4.19. The highest BCUT2D eigenvalue weighted by molar-refractivity contribution is 6.29. The Morgan fingerprint density at radius 3 is 1.02 bits per heavy atom. The first-order valence-electron chi connectivity index (χ1n) is 40.4. The van der Waals surface area contributed by atoms with Gasteiger partial charge in [0, 0.05) is 122 Å². The molecule has 39 heteroatoms. The Bertz CT molecular complexity index is 4890. The molecule has 18 heterocycles. The van der Waals surface area contributed by atoms with Crippen molar-refractivity contribution in [3.05, 3.63) is 157 Å². The average molecular weight is 1770 g/mol. The highest BCUT2D eigenvalue weighted by Gasteiger charge is 2.49. The molecule has 6 atom stereocenters. The van der Waals surface area contributed by atoms with E-state index in [1.165, 1.54) is 0 Å². The number of nitrogens with one attached hydrogen (secondary N) is 4. The van der Waals surface area contributed by atoms with E-state index in [9.17, 15) is 71.9 Å². The lowest BCUT2D eigenvalue weighted by Crippen LogP contribution is -2.48. The number of amides is 8. The second-order valence-corrected chi connectivity index (χ2v) is 32.0. The molecule has 8 amide bonds. The van der Waals surface area contributed by atoms with E-state index in [1.807, 2.05) is 35.2 Å². The van der Waals surface area contributed by atoms with Gasteiger partial charge in [0.2, 0.25) is 0 Å². The third kappa shape index (κ3) is 20.7. The van der Waals surface area contributed by atoms with Crippen LogP contribution >= 0.6 is 11.6 Å². The largest absolute Gasteiger partial charge is 0.393 e. The van der Waals surface area contributed by atoms with Crippen LogP contribution in [0.5, 0.6) is 0 Å². The number of pyridine rings is 7. The smallest absolute Gasteiger partial charge is 0.366 e. The zero-order valence-electron chi connectivity index (χ0n) is 65.4. The maximum absolute atomic E-state index is 13.3. The van der Waals surface area contributed by atoms with Gasteiger partial charge in [-0.05, 0) is 167 Å². The minimum Gasteiger partial charge on any atom is -0.366 e. The monoisotopic (exact) mass is 1770 g/mol. The van der Waals surface area contributed by atoms with Gasteiger partial charge in [0.25, 0.3) is 0 Å². The standard InChI is InChI=1S/3C21H23F3N6O.C19H18ClF3N4O.4CH4/c2*22-21(23,24)14-4-3-10-29(12-14)18-7-6-16-19(27-18)30(15-8-11-28(16)13-15)20(31)26-17-5-1-2-9-25-17;22-21(23,24)14-6-10-28(11-7-14)18-5-4-16-19(27-18)30(15-8-12-29(16)13-15)20(31)26-17-3-1-2-9-25-17;20-16-6-5-15-17(25-16)27(13-8-10-26(15)11-13)18(28)24-14-4-2-1-3-12(14)7-9-19(21,22)23;;;;/h2*1-2,5-7,9,14-15H,3-4,8,10-13H2,(H,25,26,31);1-5,9,14-15H,6-8,10-13H2,(H,25,26,31);1-6,13H,7-11H2,(H,24,28);4*1H4/t14-,15+;14-,15-;15-;13-;;;;/m1000..../s1. The van der Waals surface area contributed by atoms with Crippen LogP contribution in [0.3, 0.4) is 0 Å². The molecule has 0 saturated carbocycles. The molecule has 19 rings (SSSR count). The van der Waals surface area contributed by atoms with Crippen molar-refractivity contribution in [1.29, 1.82) is 0 Å². The van der Waals surface area contributed by atoms with Gasteiger partial charge in [-0.15, -0.1) is 0 Å². The Morgan fingerprint density at radius 2 is 0.672 bits per heavy atom. The number of anilines is 15. The number of halogens is 13. The van der Waals surface area contributed by atoms with Crippen LogP contribution in [0.15, 0.2) is 146 Å². The van der Waals surface area contributed by atoms with Crippen LogP contribution in [0.25, 0.3) is 0 Å². The highest BCUT2D eigenvalue weighted by atomic mass is 35.5. The average Bonchev–Trinajstić information content (AvgIpc) is 1.67. The number of carbonyl (C=O) groups is 4. The second-order valence-electron chi connectivity index (χ2n) is 31.6. The summed E-state index contributed by atoms with van der Waals surface area (Å²) in [6, 6.07) is 35.4. The molecule has 11 aliphatic heterocycles. The number of urea groups is 4. The molecule has 125 heavy (non-hydrogen) atoms. The van der Waals surface area contributed by atoms with E-state index in [4.69, 9.17) is 26.6 Å². The molecule has 7 fully saturated rings. The summed E-state index contributed by atoms with van der Waals surface area (Å²) in [5.74, 6) is 0.944. The molecule has 7 saturated heterocycles. The molecule has 0 unspecified atom stereocenters. The first-order chi connectivity index (χ1) is 58.0. The summed E-state index contributed by atoms with van der Waals surface area (Å²) in [4.78, 5) is 104. The van der Waals surface area contributed by atoms with Gasteiger partial charge in [-0.25, -0.2) is 54.1 Å². The van der Waals surface area contributed by atoms with Crippen LogP contribution in [0, 0.1) is 17.8 Å². The molecule has 1 aromatic carbocycles. The number of para-hydroxylation sites is 1. The van der Waals surface area contributed by atoms with Crippen molar-refractivity contribution in [2.75, 3.05) is 167 Å². The number of aryl methyl sites for hydroxylation is 1. The molecule has 11 aliphatic rings. The summed E-state index contributed by atoms with van der Waals surface area (Å²) < 4.78 is 156. The van der Waals surface area contributed by atoms with E-state index in [0.29, 0.717) is 128 Å². The molecule has 672 valence electrons. The summed E-state index contributed by atoms with van der Waals surface area (Å²) in [6.07, 6.45) is -8.63. The maximum atomic E-state index is 13.3. The number of hydrogen-bond donors (Lipinski definition) is 4. The van der Waals surface area contributed by atoms with E-state index < -0.39 is 54.9 Å². The van der Waals surface area contributed by atoms with Gasteiger partial charge in [0.15, 0.2) is 23.3 Å². The van der Waals surface area contributed by atoms with Crippen molar-refractivity contribution in [3.8, 4) is 0 Å². The third-order valence-electron chi connectivity index (χ3n) is 23.9. The Kier molecular flexibility index (Phi) is 28.5. The number of aromatic nitrogens is 7. The topological polar surface area (TPSA) is 242 Å². The lowest BCUT2D eigenvalue weighted by molar-refractivity contribution is -0.179. The Labute approximate surface area is 722 Å². The number of rotatable bonds is 9. The quantitative estimate of drug-likeness (QED) is 0.0775. The second kappa shape index (κ2) is 38.5. The molecule has 4 N–H and O–H groups in total. The number of nitrogens with zero attached hydrogens (tertiary/aromatic N) is 18. The zero-order chi connectivity index (χ0) is 84.7. The number of alkyl halides is 12. The fourth-order valence-corrected chi connectivity index (χ4v) is 18.0. The van der Waals surface area contributed by atoms with Gasteiger partial charge in [-0.1, -0.05) is 77.7 Å². The summed E-state index contributed by atoms with van der Waals surface area (Å²) in [6.45, 7) is 7.54. The highest BCUT2D eigenvalue weighted by Crippen LogP contribution is 2.47. The third-order valence-corrected chi connectivity index (χ3v) is 24.2. The molecular formula is C86H103ClF12N22O4. The van der Waals surface area contributed by atoms with Crippen molar-refractivity contribution in [1.82, 2.24) is 34.9 Å². The van der Waals surface area contributed by atoms with Crippen LogP contribution in [0.2, 0.25) is 5.15 Å². The summed E-state index contributed by atoms with van der Waals surface area (Å²) in [7, 11) is 0. The first kappa shape index (κ1) is 92.6. The van der Waals surface area contributed by atoms with Gasteiger partial charge < -0.3 is 39.6 Å². The Morgan fingerprint density at radius 1 is 0.344 bits per heavy atom. The Balaban J connectivity index is 0.000000150. The van der Waals surface area contributed by atoms with Crippen molar-refractivity contribution < 1.29 is 71.9 Å². The van der Waals surface area contributed by atoms with Crippen LogP contribution in [-0.4, -0.2) is 200 Å². The molecule has 0 radical (unpaired) electrons. The van der Waals surface area contributed by atoms with E-state index >= 15 is 0 Å². The maximum Gasteiger partial charge on any atom is 0.393 e. The van der Waals surface area contributed by atoms with Crippen molar-refractivity contribution in [2.24, 2.45) is 17.8 Å². The van der Waals surface area contributed by atoms with Crippen LogP contribution in [-0.2, 0) is 6.42 Å². The number of carbonyl (C=O) groups excluding carboxylic acids is 4. The predicted molar refractivity (Wildman–Crippen MR) is 464 cm³/mol. The van der Waals surface area contributed by atoms with Gasteiger partial charge in [-0.3, -0.25) is 35.6 Å². The lowest BCUT2D eigenvalue weighted by atomic mass is 9.96. The van der Waals surface area contributed by atoms with E-state index in [0.717, 1.165) is 81.2 Å². The molecule has 7 aromatic heterocycles. The van der Waals surface area contributed by atoms with Crippen LogP contribution in [0.1, 0.15) is 106 Å². The summed E-state index contributed by atoms with van der Waals surface area (Å²) in [5, 5.41) is 11.5.